The van der Waals surface area contributed by atoms with Gasteiger partial charge in [0.05, 0.1) is 10.6 Å². The Labute approximate surface area is 112 Å². The fraction of sp³-hybridized carbons (Fsp3) is 0.385. The molecule has 0 atom stereocenters. The van der Waals surface area contributed by atoms with Crippen LogP contribution in [0.1, 0.15) is 25.3 Å². The summed E-state index contributed by atoms with van der Waals surface area (Å²) in [4.78, 5) is 11.4. The number of halogens is 1. The second kappa shape index (κ2) is 7.57. The number of amides is 1. The molecule has 1 aromatic carbocycles. The van der Waals surface area contributed by atoms with Crippen molar-refractivity contribution in [1.29, 1.82) is 5.26 Å². The molecule has 0 aliphatic carbocycles. The van der Waals surface area contributed by atoms with Gasteiger partial charge in [-0.3, -0.25) is 4.79 Å². The van der Waals surface area contributed by atoms with Gasteiger partial charge >= 0.3 is 0 Å². The Bertz CT molecular complexity index is 455. The number of carbonyl (C=O) groups is 1. The van der Waals surface area contributed by atoms with Gasteiger partial charge in [-0.2, -0.15) is 5.26 Å². The fourth-order valence-electron chi connectivity index (χ4n) is 1.28. The summed E-state index contributed by atoms with van der Waals surface area (Å²) in [7, 11) is 0. The fourth-order valence-corrected chi connectivity index (χ4v) is 1.49. The summed E-state index contributed by atoms with van der Waals surface area (Å²) in [5, 5.41) is 11.8. The summed E-state index contributed by atoms with van der Waals surface area (Å²) in [5.74, 6) is 0.313. The van der Waals surface area contributed by atoms with E-state index >= 15 is 0 Å². The van der Waals surface area contributed by atoms with E-state index in [0.29, 0.717) is 22.9 Å². The highest BCUT2D eigenvalue weighted by atomic mass is 35.5. The normalized spacial score (nSPS) is 9.61. The van der Waals surface area contributed by atoms with Crippen LogP contribution in [-0.2, 0) is 4.79 Å². The third-order valence-electron chi connectivity index (χ3n) is 2.28. The number of ether oxygens (including phenoxy) is 1. The molecule has 5 heteroatoms. The molecule has 0 aliphatic heterocycles. The third kappa shape index (κ3) is 4.64. The first-order valence-electron chi connectivity index (χ1n) is 5.76. The average Bonchev–Trinajstić information content (AvgIpc) is 2.37. The molecular weight excluding hydrogens is 252 g/mol. The highest BCUT2D eigenvalue weighted by molar-refractivity contribution is 6.31. The number of rotatable bonds is 6. The van der Waals surface area contributed by atoms with Crippen LogP contribution in [0.3, 0.4) is 0 Å². The molecule has 0 unspecified atom stereocenters. The summed E-state index contributed by atoms with van der Waals surface area (Å²) in [5.41, 5.74) is 0.386. The Kier molecular flexibility index (Phi) is 6.03. The van der Waals surface area contributed by atoms with Gasteiger partial charge in [-0.15, -0.1) is 0 Å². The monoisotopic (exact) mass is 266 g/mol. The summed E-state index contributed by atoms with van der Waals surface area (Å²) in [6.07, 6.45) is 1.99. The van der Waals surface area contributed by atoms with Crippen LogP contribution in [0.15, 0.2) is 18.2 Å². The molecule has 0 fully saturated rings. The Hall–Kier alpha value is -1.73. The molecule has 1 rings (SSSR count). The van der Waals surface area contributed by atoms with E-state index in [1.807, 2.05) is 6.07 Å². The van der Waals surface area contributed by atoms with Gasteiger partial charge in [0.15, 0.2) is 6.61 Å². The van der Waals surface area contributed by atoms with Crippen molar-refractivity contribution in [2.24, 2.45) is 0 Å². The van der Waals surface area contributed by atoms with Crippen molar-refractivity contribution < 1.29 is 9.53 Å². The number of benzene rings is 1. The van der Waals surface area contributed by atoms with Crippen LogP contribution in [0.4, 0.5) is 0 Å². The minimum atomic E-state index is -0.163. The maximum absolute atomic E-state index is 11.4. The van der Waals surface area contributed by atoms with Crippen LogP contribution in [0.5, 0.6) is 5.75 Å². The SMILES string of the molecule is CCCCNC(=O)COc1ccc(C#N)c(Cl)c1. The lowest BCUT2D eigenvalue weighted by Gasteiger charge is -2.07. The number of nitrogens with one attached hydrogen (secondary N) is 1. The Balaban J connectivity index is 2.42. The molecule has 0 aliphatic rings. The maximum Gasteiger partial charge on any atom is 0.257 e. The molecule has 0 saturated heterocycles. The van der Waals surface area contributed by atoms with Crippen molar-refractivity contribution in [3.8, 4) is 11.8 Å². The van der Waals surface area contributed by atoms with Crippen molar-refractivity contribution in [3.05, 3.63) is 28.8 Å². The van der Waals surface area contributed by atoms with Crippen LogP contribution in [0, 0.1) is 11.3 Å². The van der Waals surface area contributed by atoms with Crippen molar-refractivity contribution in [1.82, 2.24) is 5.32 Å². The van der Waals surface area contributed by atoms with E-state index in [9.17, 15) is 4.79 Å². The van der Waals surface area contributed by atoms with Crippen LogP contribution in [0.2, 0.25) is 5.02 Å². The first-order valence-corrected chi connectivity index (χ1v) is 6.14. The first kappa shape index (κ1) is 14.3. The Morgan fingerprint density at radius 2 is 2.33 bits per heavy atom. The lowest BCUT2D eigenvalue weighted by Crippen LogP contribution is -2.29. The lowest BCUT2D eigenvalue weighted by atomic mass is 10.2. The van der Waals surface area contributed by atoms with Gasteiger partial charge in [0.2, 0.25) is 0 Å². The molecule has 0 aromatic heterocycles. The molecule has 1 amide bonds. The van der Waals surface area contributed by atoms with Crippen LogP contribution < -0.4 is 10.1 Å². The Morgan fingerprint density at radius 1 is 1.56 bits per heavy atom. The molecule has 0 bridgehead atoms. The second-order valence-corrected chi connectivity index (χ2v) is 4.15. The summed E-state index contributed by atoms with van der Waals surface area (Å²) in [6.45, 7) is 2.67. The van der Waals surface area contributed by atoms with E-state index in [1.54, 1.807) is 12.1 Å². The average molecular weight is 267 g/mol. The van der Waals surface area contributed by atoms with Crippen LogP contribution in [0.25, 0.3) is 0 Å². The van der Waals surface area contributed by atoms with Gasteiger partial charge in [-0.05, 0) is 18.6 Å². The number of nitrogens with zero attached hydrogens (tertiary/aromatic N) is 1. The van der Waals surface area contributed by atoms with Crippen molar-refractivity contribution >= 4 is 17.5 Å². The van der Waals surface area contributed by atoms with Crippen molar-refractivity contribution in [3.63, 3.8) is 0 Å². The summed E-state index contributed by atoms with van der Waals surface area (Å²) < 4.78 is 5.27. The van der Waals surface area contributed by atoms with E-state index in [0.717, 1.165) is 12.8 Å². The van der Waals surface area contributed by atoms with Gasteiger partial charge in [-0.25, -0.2) is 0 Å². The lowest BCUT2D eigenvalue weighted by molar-refractivity contribution is -0.123. The van der Waals surface area contributed by atoms with Gasteiger partial charge in [0.25, 0.3) is 5.91 Å². The van der Waals surface area contributed by atoms with Crippen LogP contribution in [-0.4, -0.2) is 19.1 Å². The molecule has 0 spiro atoms. The zero-order valence-corrected chi connectivity index (χ0v) is 11.0. The van der Waals surface area contributed by atoms with E-state index in [1.165, 1.54) is 6.07 Å². The molecular formula is C13H15ClN2O2. The van der Waals surface area contributed by atoms with Crippen molar-refractivity contribution in [2.75, 3.05) is 13.2 Å². The standard InChI is InChI=1S/C13H15ClN2O2/c1-2-3-6-16-13(17)9-18-11-5-4-10(8-15)12(14)7-11/h4-5,7H,2-3,6,9H2,1H3,(H,16,17). The van der Waals surface area contributed by atoms with Gasteiger partial charge in [0.1, 0.15) is 11.8 Å². The summed E-state index contributed by atoms with van der Waals surface area (Å²) in [6, 6.07) is 6.66. The van der Waals surface area contributed by atoms with E-state index < -0.39 is 0 Å². The highest BCUT2D eigenvalue weighted by Gasteiger charge is 2.04. The van der Waals surface area contributed by atoms with Gasteiger partial charge < -0.3 is 10.1 Å². The predicted octanol–water partition coefficient (Wildman–Crippen LogP) is 2.51. The summed E-state index contributed by atoms with van der Waals surface area (Å²) >= 11 is 5.84. The van der Waals surface area contributed by atoms with Gasteiger partial charge in [0, 0.05) is 12.6 Å². The zero-order chi connectivity index (χ0) is 13.4. The molecule has 18 heavy (non-hydrogen) atoms. The maximum atomic E-state index is 11.4. The number of hydrogen-bond acceptors (Lipinski definition) is 3. The minimum absolute atomic E-state index is 0.0497. The quantitative estimate of drug-likeness (QED) is 0.805. The molecule has 1 N–H and O–H groups in total. The second-order valence-electron chi connectivity index (χ2n) is 3.75. The first-order chi connectivity index (χ1) is 8.67. The topological polar surface area (TPSA) is 62.1 Å². The number of unbranched alkanes of at least 4 members (excludes halogenated alkanes) is 1. The number of nitriles is 1. The largest absolute Gasteiger partial charge is 0.484 e. The third-order valence-corrected chi connectivity index (χ3v) is 2.60. The van der Waals surface area contributed by atoms with Crippen LogP contribution >= 0.6 is 11.6 Å². The highest BCUT2D eigenvalue weighted by Crippen LogP contribution is 2.21. The molecule has 96 valence electrons. The van der Waals surface area contributed by atoms with Crippen molar-refractivity contribution in [2.45, 2.75) is 19.8 Å². The van der Waals surface area contributed by atoms with E-state index in [4.69, 9.17) is 21.6 Å². The molecule has 0 saturated carbocycles. The molecule has 4 nitrogen and oxygen atoms in total. The zero-order valence-electron chi connectivity index (χ0n) is 10.2. The predicted molar refractivity (Wildman–Crippen MR) is 69.6 cm³/mol. The Morgan fingerprint density at radius 3 is 2.94 bits per heavy atom. The van der Waals surface area contributed by atoms with E-state index in [-0.39, 0.29) is 12.5 Å². The van der Waals surface area contributed by atoms with E-state index in [2.05, 4.69) is 12.2 Å². The molecule has 1 aromatic rings. The molecule has 0 radical (unpaired) electrons. The number of hydrogen-bond donors (Lipinski definition) is 1. The van der Waals surface area contributed by atoms with Gasteiger partial charge in [-0.1, -0.05) is 24.9 Å². The molecule has 0 heterocycles. The minimum Gasteiger partial charge on any atom is -0.484 e. The number of carbonyl (C=O) groups excluding carboxylic acids is 1. The smallest absolute Gasteiger partial charge is 0.257 e.